The van der Waals surface area contributed by atoms with E-state index in [1.807, 2.05) is 30.3 Å². The van der Waals surface area contributed by atoms with Gasteiger partial charge in [0.15, 0.2) is 0 Å². The summed E-state index contributed by atoms with van der Waals surface area (Å²) in [5.74, 6) is -0.151. The summed E-state index contributed by atoms with van der Waals surface area (Å²) < 4.78 is 5.31. The van der Waals surface area contributed by atoms with Crippen molar-refractivity contribution in [2.75, 3.05) is 19.8 Å². The van der Waals surface area contributed by atoms with Crippen molar-refractivity contribution in [1.82, 2.24) is 10.2 Å². The van der Waals surface area contributed by atoms with Crippen LogP contribution in [0.1, 0.15) is 18.0 Å². The highest BCUT2D eigenvalue weighted by Gasteiger charge is 2.38. The van der Waals surface area contributed by atoms with Gasteiger partial charge in [-0.3, -0.25) is 9.59 Å². The van der Waals surface area contributed by atoms with E-state index in [-0.39, 0.29) is 24.4 Å². The third-order valence-corrected chi connectivity index (χ3v) is 3.63. The molecule has 1 N–H and O–H groups in total. The minimum absolute atomic E-state index is 0.0322. The fourth-order valence-corrected chi connectivity index (χ4v) is 2.62. The van der Waals surface area contributed by atoms with E-state index in [1.54, 1.807) is 4.90 Å². The molecule has 19 heavy (non-hydrogen) atoms. The number of amides is 2. The first kappa shape index (κ1) is 12.2. The van der Waals surface area contributed by atoms with Gasteiger partial charge in [-0.1, -0.05) is 30.3 Å². The Hall–Kier alpha value is -1.88. The Balaban J connectivity index is 1.85. The second-order valence-electron chi connectivity index (χ2n) is 4.89. The highest BCUT2D eigenvalue weighted by Crippen LogP contribution is 2.23. The summed E-state index contributed by atoms with van der Waals surface area (Å²) in [6, 6.07) is 8.81. The van der Waals surface area contributed by atoms with E-state index in [4.69, 9.17) is 4.74 Å². The van der Waals surface area contributed by atoms with Gasteiger partial charge in [0.25, 0.3) is 5.91 Å². The van der Waals surface area contributed by atoms with Crippen molar-refractivity contribution in [1.29, 1.82) is 0 Å². The zero-order valence-electron chi connectivity index (χ0n) is 10.5. The highest BCUT2D eigenvalue weighted by atomic mass is 16.5. The second-order valence-corrected chi connectivity index (χ2v) is 4.89. The number of hydrogen-bond acceptors (Lipinski definition) is 3. The quantitative estimate of drug-likeness (QED) is 0.841. The van der Waals surface area contributed by atoms with Gasteiger partial charge in [0.2, 0.25) is 5.91 Å². The van der Waals surface area contributed by atoms with E-state index < -0.39 is 6.04 Å². The maximum Gasteiger partial charge on any atom is 0.250 e. The fourth-order valence-electron chi connectivity index (χ4n) is 2.62. The number of piperazine rings is 1. The van der Waals surface area contributed by atoms with Crippen molar-refractivity contribution in [2.45, 2.75) is 18.5 Å². The zero-order chi connectivity index (χ0) is 13.2. The summed E-state index contributed by atoms with van der Waals surface area (Å²) in [4.78, 5) is 26.0. The Bertz CT molecular complexity index is 483. The smallest absolute Gasteiger partial charge is 0.250 e. The van der Waals surface area contributed by atoms with Crippen LogP contribution in [0.15, 0.2) is 30.3 Å². The van der Waals surface area contributed by atoms with Gasteiger partial charge in [0.05, 0.1) is 12.6 Å². The molecular weight excluding hydrogens is 244 g/mol. The molecule has 0 aliphatic carbocycles. The molecule has 2 amide bonds. The summed E-state index contributed by atoms with van der Waals surface area (Å²) in [6.45, 7) is 1.32. The topological polar surface area (TPSA) is 58.6 Å². The summed E-state index contributed by atoms with van der Waals surface area (Å²) in [5.41, 5.74) is 0.824. The first-order valence-corrected chi connectivity index (χ1v) is 6.48. The molecule has 2 heterocycles. The highest BCUT2D eigenvalue weighted by molar-refractivity contribution is 5.95. The van der Waals surface area contributed by atoms with E-state index >= 15 is 0 Å². The predicted molar refractivity (Wildman–Crippen MR) is 68.3 cm³/mol. The van der Waals surface area contributed by atoms with Crippen LogP contribution >= 0.6 is 0 Å². The van der Waals surface area contributed by atoms with Crippen LogP contribution in [0.5, 0.6) is 0 Å². The molecule has 2 saturated heterocycles. The molecule has 0 saturated carbocycles. The zero-order valence-corrected chi connectivity index (χ0v) is 10.5. The lowest BCUT2D eigenvalue weighted by Crippen LogP contribution is -2.56. The average molecular weight is 260 g/mol. The van der Waals surface area contributed by atoms with Crippen LogP contribution in [-0.2, 0) is 14.3 Å². The van der Waals surface area contributed by atoms with Gasteiger partial charge in [-0.05, 0) is 12.0 Å². The van der Waals surface area contributed by atoms with Crippen molar-refractivity contribution in [3.8, 4) is 0 Å². The van der Waals surface area contributed by atoms with Gasteiger partial charge in [-0.15, -0.1) is 0 Å². The average Bonchev–Trinajstić information content (AvgIpc) is 2.96. The lowest BCUT2D eigenvalue weighted by Gasteiger charge is -2.36. The van der Waals surface area contributed by atoms with Crippen LogP contribution < -0.4 is 5.32 Å². The van der Waals surface area contributed by atoms with Crippen molar-refractivity contribution >= 4 is 11.8 Å². The Morgan fingerprint density at radius 1 is 1.21 bits per heavy atom. The van der Waals surface area contributed by atoms with E-state index in [2.05, 4.69) is 5.32 Å². The molecule has 2 aliphatic rings. The number of ether oxygens (including phenoxy) is 1. The minimum Gasteiger partial charge on any atom is -0.379 e. The first-order chi connectivity index (χ1) is 9.25. The van der Waals surface area contributed by atoms with Crippen molar-refractivity contribution in [3.63, 3.8) is 0 Å². The SMILES string of the molecule is O=C1CN(C2CCOC2)C(=O)C(c2ccccc2)N1. The van der Waals surface area contributed by atoms with E-state index in [0.29, 0.717) is 13.2 Å². The molecule has 0 radical (unpaired) electrons. The minimum atomic E-state index is -0.567. The number of benzene rings is 1. The molecule has 2 unspecified atom stereocenters. The molecule has 0 aromatic heterocycles. The molecule has 0 bridgehead atoms. The molecular formula is C14H16N2O3. The summed E-state index contributed by atoms with van der Waals surface area (Å²) in [7, 11) is 0. The first-order valence-electron chi connectivity index (χ1n) is 6.48. The molecule has 2 aliphatic heterocycles. The number of hydrogen-bond donors (Lipinski definition) is 1. The van der Waals surface area contributed by atoms with E-state index in [0.717, 1.165) is 12.0 Å². The molecule has 1 aromatic carbocycles. The molecule has 5 heteroatoms. The molecule has 2 fully saturated rings. The van der Waals surface area contributed by atoms with Crippen LogP contribution in [0.25, 0.3) is 0 Å². The predicted octanol–water partition coefficient (Wildman–Crippen LogP) is 0.475. The van der Waals surface area contributed by atoms with Crippen LogP contribution in [0.2, 0.25) is 0 Å². The van der Waals surface area contributed by atoms with Crippen molar-refractivity contribution < 1.29 is 14.3 Å². The Labute approximate surface area is 111 Å². The molecule has 100 valence electrons. The third-order valence-electron chi connectivity index (χ3n) is 3.63. The van der Waals surface area contributed by atoms with Crippen molar-refractivity contribution in [3.05, 3.63) is 35.9 Å². The molecule has 5 nitrogen and oxygen atoms in total. The molecule has 1 aromatic rings. The largest absolute Gasteiger partial charge is 0.379 e. The van der Waals surface area contributed by atoms with Crippen LogP contribution in [-0.4, -0.2) is 42.5 Å². The summed E-state index contributed by atoms with van der Waals surface area (Å²) in [6.07, 6.45) is 0.806. The summed E-state index contributed by atoms with van der Waals surface area (Å²) >= 11 is 0. The fraction of sp³-hybridized carbons (Fsp3) is 0.429. The number of nitrogens with one attached hydrogen (secondary N) is 1. The second kappa shape index (κ2) is 5.01. The normalized spacial score (nSPS) is 27.5. The Morgan fingerprint density at radius 2 is 2.00 bits per heavy atom. The maximum atomic E-state index is 12.5. The number of carbonyl (C=O) groups is 2. The van der Waals surface area contributed by atoms with E-state index in [9.17, 15) is 9.59 Å². The van der Waals surface area contributed by atoms with Gasteiger partial charge < -0.3 is 15.0 Å². The number of rotatable bonds is 2. The molecule has 2 atom stereocenters. The molecule has 0 spiro atoms. The van der Waals surface area contributed by atoms with Gasteiger partial charge in [0, 0.05) is 6.61 Å². The van der Waals surface area contributed by atoms with Crippen LogP contribution in [0, 0.1) is 0 Å². The molecule has 3 rings (SSSR count). The van der Waals surface area contributed by atoms with Crippen LogP contribution in [0.4, 0.5) is 0 Å². The van der Waals surface area contributed by atoms with Gasteiger partial charge in [-0.2, -0.15) is 0 Å². The lowest BCUT2D eigenvalue weighted by atomic mass is 10.0. The Kier molecular flexibility index (Phi) is 3.21. The van der Waals surface area contributed by atoms with Gasteiger partial charge in [0.1, 0.15) is 12.6 Å². The number of carbonyl (C=O) groups excluding carboxylic acids is 2. The lowest BCUT2D eigenvalue weighted by molar-refractivity contribution is -0.146. The standard InChI is InChI=1S/C14H16N2O3/c17-12-8-16(11-6-7-19-9-11)14(18)13(15-12)10-4-2-1-3-5-10/h1-5,11,13H,6-9H2,(H,15,17). The van der Waals surface area contributed by atoms with Gasteiger partial charge in [-0.25, -0.2) is 0 Å². The summed E-state index contributed by atoms with van der Waals surface area (Å²) in [5, 5.41) is 2.76. The Morgan fingerprint density at radius 3 is 2.68 bits per heavy atom. The maximum absolute atomic E-state index is 12.5. The van der Waals surface area contributed by atoms with Gasteiger partial charge >= 0.3 is 0 Å². The monoisotopic (exact) mass is 260 g/mol. The van der Waals surface area contributed by atoms with Crippen molar-refractivity contribution in [2.24, 2.45) is 0 Å². The van der Waals surface area contributed by atoms with Crippen LogP contribution in [0.3, 0.4) is 0 Å². The third kappa shape index (κ3) is 2.33. The van der Waals surface area contributed by atoms with E-state index in [1.165, 1.54) is 0 Å². The number of nitrogens with zero attached hydrogens (tertiary/aromatic N) is 1.